The summed E-state index contributed by atoms with van der Waals surface area (Å²) >= 11 is 4.89. The van der Waals surface area contributed by atoms with Crippen LogP contribution in [0.5, 0.6) is 11.5 Å². The molecule has 0 spiro atoms. The van der Waals surface area contributed by atoms with Gasteiger partial charge in [0.15, 0.2) is 11.5 Å². The van der Waals surface area contributed by atoms with Crippen molar-refractivity contribution in [3.8, 4) is 28.6 Å². The van der Waals surface area contributed by atoms with Crippen molar-refractivity contribution in [2.24, 2.45) is 0 Å². The first-order chi connectivity index (χ1) is 20.9. The normalized spacial score (nSPS) is 14.6. The molecule has 2 heterocycles. The van der Waals surface area contributed by atoms with Crippen LogP contribution in [0.15, 0.2) is 100 Å². The van der Waals surface area contributed by atoms with Gasteiger partial charge in [-0.15, -0.1) is 11.8 Å². The molecule has 9 nitrogen and oxygen atoms in total. The number of hydrogen-bond donors (Lipinski definition) is 1. The molecule has 1 unspecified atom stereocenters. The zero-order chi connectivity index (χ0) is 30.1. The number of aromatic nitrogens is 2. The Morgan fingerprint density at radius 1 is 0.953 bits per heavy atom. The van der Waals surface area contributed by atoms with Crippen LogP contribution in [-0.4, -0.2) is 46.3 Å². The topological polar surface area (TPSA) is 103 Å². The van der Waals surface area contributed by atoms with Gasteiger partial charge in [0.05, 0.1) is 41.0 Å². The van der Waals surface area contributed by atoms with Gasteiger partial charge < -0.3 is 9.47 Å². The van der Waals surface area contributed by atoms with Crippen molar-refractivity contribution in [3.63, 3.8) is 0 Å². The average molecular weight is 658 g/mol. The molecule has 5 aromatic rings. The number of methoxy groups -OCH3 is 2. The number of thioether (sulfide) groups is 1. The maximum absolute atomic E-state index is 13.7. The zero-order valence-corrected chi connectivity index (χ0v) is 25.5. The van der Waals surface area contributed by atoms with Crippen molar-refractivity contribution in [2.45, 2.75) is 5.37 Å². The number of benzene rings is 4. The highest BCUT2D eigenvalue weighted by Gasteiger charge is 2.35. The lowest BCUT2D eigenvalue weighted by atomic mass is 10.1. The second kappa shape index (κ2) is 11.9. The fraction of sp³-hybridized carbons (Fsp3) is 0.125. The largest absolute Gasteiger partial charge is 0.493 e. The van der Waals surface area contributed by atoms with Crippen LogP contribution in [0.1, 0.15) is 21.3 Å². The maximum atomic E-state index is 13.7. The van der Waals surface area contributed by atoms with Crippen LogP contribution in [0.3, 0.4) is 0 Å². The van der Waals surface area contributed by atoms with E-state index in [0.717, 1.165) is 11.1 Å². The molecule has 1 fully saturated rings. The summed E-state index contributed by atoms with van der Waals surface area (Å²) in [5.41, 5.74) is 5.57. The number of hydrogen-bond acceptors (Lipinski definition) is 7. The fourth-order valence-corrected chi connectivity index (χ4v) is 6.67. The van der Waals surface area contributed by atoms with E-state index in [1.807, 2.05) is 48.5 Å². The number of fused-ring (bicyclic) bond motifs is 1. The lowest BCUT2D eigenvalue weighted by molar-refractivity contribution is -0.130. The molecule has 43 heavy (non-hydrogen) atoms. The molecule has 1 atom stereocenters. The summed E-state index contributed by atoms with van der Waals surface area (Å²) in [6.45, 7) is 0. The lowest BCUT2D eigenvalue weighted by Gasteiger charge is -2.25. The minimum atomic E-state index is -0.470. The van der Waals surface area contributed by atoms with E-state index in [1.54, 1.807) is 54.1 Å². The van der Waals surface area contributed by atoms with Gasteiger partial charge in [-0.3, -0.25) is 24.4 Å². The molecule has 11 heteroatoms. The highest BCUT2D eigenvalue weighted by Crippen LogP contribution is 2.44. The Hall–Kier alpha value is -4.61. The molecule has 1 aromatic heterocycles. The predicted molar refractivity (Wildman–Crippen MR) is 170 cm³/mol. The quantitative estimate of drug-likeness (QED) is 0.238. The van der Waals surface area contributed by atoms with Gasteiger partial charge in [0.25, 0.3) is 17.4 Å². The van der Waals surface area contributed by atoms with Gasteiger partial charge in [-0.25, -0.2) is 9.99 Å². The Bertz CT molecular complexity index is 1910. The maximum Gasteiger partial charge on any atom is 0.269 e. The van der Waals surface area contributed by atoms with Gasteiger partial charge >= 0.3 is 0 Å². The molecular weight excluding hydrogens is 632 g/mol. The number of hydrazine groups is 1. The Morgan fingerprint density at radius 2 is 1.67 bits per heavy atom. The molecule has 1 aliphatic rings. The smallest absolute Gasteiger partial charge is 0.269 e. The van der Waals surface area contributed by atoms with E-state index in [4.69, 9.17) is 14.5 Å². The molecule has 1 N–H and O–H groups in total. The minimum Gasteiger partial charge on any atom is -0.493 e. The summed E-state index contributed by atoms with van der Waals surface area (Å²) in [6, 6.07) is 26.9. The summed E-state index contributed by atoms with van der Waals surface area (Å²) in [6.07, 6.45) is 0. The number of carbonyl (C=O) groups excluding carboxylic acids is 2. The van der Waals surface area contributed by atoms with Crippen molar-refractivity contribution >= 4 is 50.4 Å². The van der Waals surface area contributed by atoms with E-state index < -0.39 is 11.3 Å². The van der Waals surface area contributed by atoms with Crippen molar-refractivity contribution < 1.29 is 19.1 Å². The number of ether oxygens (including phenoxy) is 2. The Balaban J connectivity index is 1.31. The highest BCUT2D eigenvalue weighted by atomic mass is 79.9. The standard InChI is InChI=1S/C32H25BrN4O5S/c1-41-26-17-21(16-24(33)28(26)42-2)32-37(27(38)18-43-32)35-30(39)20-12-14-22(15-13-20)36-29(19-8-4-3-5-9-19)34-25-11-7-6-10-23(25)31(36)40/h3-17,32H,18H2,1-2H3,(H,35,39). The summed E-state index contributed by atoms with van der Waals surface area (Å²) in [7, 11) is 3.08. The molecule has 216 valence electrons. The zero-order valence-electron chi connectivity index (χ0n) is 23.1. The number of nitrogens with one attached hydrogen (secondary N) is 1. The predicted octanol–water partition coefficient (Wildman–Crippen LogP) is 5.75. The van der Waals surface area contributed by atoms with E-state index in [0.29, 0.717) is 43.9 Å². The summed E-state index contributed by atoms with van der Waals surface area (Å²) in [5.74, 6) is 1.04. The van der Waals surface area contributed by atoms with E-state index in [1.165, 1.54) is 23.9 Å². The molecule has 0 aliphatic carbocycles. The molecule has 0 radical (unpaired) electrons. The number of amides is 2. The summed E-state index contributed by atoms with van der Waals surface area (Å²) in [5, 5.41) is 1.35. The van der Waals surface area contributed by atoms with Crippen LogP contribution in [0.4, 0.5) is 0 Å². The molecule has 0 saturated carbocycles. The van der Waals surface area contributed by atoms with Crippen LogP contribution >= 0.6 is 27.7 Å². The average Bonchev–Trinajstić information content (AvgIpc) is 3.40. The number of halogens is 1. The SMILES string of the molecule is COc1cc(C2SCC(=O)N2NC(=O)c2ccc(-n3c(-c4ccccc4)nc4ccccc4c3=O)cc2)cc(Br)c1OC. The van der Waals surface area contributed by atoms with Crippen molar-refractivity contribution in [1.82, 2.24) is 20.0 Å². The highest BCUT2D eigenvalue weighted by molar-refractivity contribution is 9.10. The Kier molecular flexibility index (Phi) is 7.92. The minimum absolute atomic E-state index is 0.204. The van der Waals surface area contributed by atoms with Crippen LogP contribution < -0.4 is 20.5 Å². The number of rotatable bonds is 7. The van der Waals surface area contributed by atoms with Gasteiger partial charge in [0.2, 0.25) is 0 Å². The van der Waals surface area contributed by atoms with Gasteiger partial charge in [-0.2, -0.15) is 0 Å². The van der Waals surface area contributed by atoms with Crippen molar-refractivity contribution in [1.29, 1.82) is 0 Å². The molecule has 1 saturated heterocycles. The number of nitrogens with zero attached hydrogens (tertiary/aromatic N) is 3. The molecule has 6 rings (SSSR count). The Labute approximate surface area is 259 Å². The van der Waals surface area contributed by atoms with E-state index in [-0.39, 0.29) is 17.2 Å². The van der Waals surface area contributed by atoms with Crippen LogP contribution in [-0.2, 0) is 4.79 Å². The second-order valence-electron chi connectivity index (χ2n) is 9.61. The van der Waals surface area contributed by atoms with Crippen LogP contribution in [0, 0.1) is 0 Å². The molecule has 1 aliphatic heterocycles. The van der Waals surface area contributed by atoms with Gasteiger partial charge in [-0.1, -0.05) is 42.5 Å². The molecule has 2 amide bonds. The first kappa shape index (κ1) is 28.5. The van der Waals surface area contributed by atoms with Crippen LogP contribution in [0.25, 0.3) is 28.0 Å². The summed E-state index contributed by atoms with van der Waals surface area (Å²) in [4.78, 5) is 44.6. The van der Waals surface area contributed by atoms with E-state index in [2.05, 4.69) is 21.4 Å². The lowest BCUT2D eigenvalue weighted by Crippen LogP contribution is -2.44. The third kappa shape index (κ3) is 5.37. The third-order valence-electron chi connectivity index (χ3n) is 7.03. The molecule has 0 bridgehead atoms. The first-order valence-electron chi connectivity index (χ1n) is 13.2. The van der Waals surface area contributed by atoms with Crippen molar-refractivity contribution in [2.75, 3.05) is 20.0 Å². The third-order valence-corrected chi connectivity index (χ3v) is 8.83. The second-order valence-corrected chi connectivity index (χ2v) is 11.5. The monoisotopic (exact) mass is 656 g/mol. The van der Waals surface area contributed by atoms with Gasteiger partial charge in [-0.05, 0) is 70.0 Å². The molecular formula is C32H25BrN4O5S. The number of carbonyl (C=O) groups is 2. The Morgan fingerprint density at radius 3 is 2.40 bits per heavy atom. The first-order valence-corrected chi connectivity index (χ1v) is 15.1. The summed E-state index contributed by atoms with van der Waals surface area (Å²) < 4.78 is 13.1. The van der Waals surface area contributed by atoms with Gasteiger partial charge in [0.1, 0.15) is 11.2 Å². The fourth-order valence-electron chi connectivity index (χ4n) is 4.96. The number of para-hydroxylation sites is 1. The van der Waals surface area contributed by atoms with Crippen molar-refractivity contribution in [3.05, 3.63) is 117 Å². The molecule has 4 aromatic carbocycles. The van der Waals surface area contributed by atoms with Crippen LogP contribution in [0.2, 0.25) is 0 Å². The van der Waals surface area contributed by atoms with Gasteiger partial charge in [0, 0.05) is 11.1 Å². The van der Waals surface area contributed by atoms with E-state index >= 15 is 0 Å². The van der Waals surface area contributed by atoms with E-state index in [9.17, 15) is 14.4 Å².